The molecule has 1 rings (SSSR count). The quantitative estimate of drug-likeness (QED) is 0.443. The van der Waals surface area contributed by atoms with Crippen LogP contribution in [-0.2, 0) is 9.47 Å². The van der Waals surface area contributed by atoms with Crippen molar-refractivity contribution < 1.29 is 24.8 Å². The van der Waals surface area contributed by atoms with E-state index in [4.69, 9.17) is 20.1 Å². The number of hydrogen-bond acceptors (Lipinski definition) is 5. The lowest BCUT2D eigenvalue weighted by molar-refractivity contribution is -0.153. The maximum atomic E-state index is 9.15. The molecule has 1 aliphatic heterocycles. The maximum Gasteiger partial charge on any atom is 0.186 e. The molecule has 66 valence electrons. The number of aliphatic hydroxyl groups is 3. The average molecular weight is 164 g/mol. The van der Waals surface area contributed by atoms with E-state index >= 15 is 0 Å². The lowest BCUT2D eigenvalue weighted by Gasteiger charge is -2.11. The molecule has 0 spiro atoms. The van der Waals surface area contributed by atoms with Crippen molar-refractivity contribution >= 4 is 0 Å². The lowest BCUT2D eigenvalue weighted by Crippen LogP contribution is -2.34. The fourth-order valence-corrected chi connectivity index (χ4v) is 1.06. The summed E-state index contributed by atoms with van der Waals surface area (Å²) in [6.45, 7) is -0.321. The molecule has 5 heteroatoms. The fourth-order valence-electron chi connectivity index (χ4n) is 1.06. The van der Waals surface area contributed by atoms with Gasteiger partial charge in [-0.1, -0.05) is 0 Å². The Morgan fingerprint density at radius 1 is 1.36 bits per heavy atom. The molecule has 0 radical (unpaired) electrons. The van der Waals surface area contributed by atoms with Crippen LogP contribution >= 0.6 is 0 Å². The first-order chi connectivity index (χ1) is 5.20. The average Bonchev–Trinajstić information content (AvgIpc) is 2.30. The van der Waals surface area contributed by atoms with Crippen LogP contribution in [0.5, 0.6) is 0 Å². The van der Waals surface area contributed by atoms with Gasteiger partial charge in [-0.05, 0) is 0 Å². The highest BCUT2D eigenvalue weighted by Crippen LogP contribution is 2.20. The molecule has 0 aliphatic carbocycles. The molecule has 3 unspecified atom stereocenters. The van der Waals surface area contributed by atoms with Crippen LogP contribution in [0.25, 0.3) is 0 Å². The third-order valence-corrected chi connectivity index (χ3v) is 1.73. The van der Waals surface area contributed by atoms with Gasteiger partial charge in [-0.3, -0.25) is 0 Å². The summed E-state index contributed by atoms with van der Waals surface area (Å²) < 4.78 is 9.59. The van der Waals surface area contributed by atoms with Crippen LogP contribution < -0.4 is 0 Å². The first kappa shape index (κ1) is 8.89. The molecule has 3 N–H and O–H groups in total. The Morgan fingerprint density at radius 3 is 2.27 bits per heavy atom. The maximum absolute atomic E-state index is 9.15. The van der Waals surface area contributed by atoms with E-state index in [0.717, 1.165) is 0 Å². The molecule has 0 aromatic rings. The number of ether oxygens (including phenoxy) is 2. The van der Waals surface area contributed by atoms with E-state index in [1.54, 1.807) is 0 Å². The van der Waals surface area contributed by atoms with E-state index < -0.39 is 24.6 Å². The zero-order chi connectivity index (χ0) is 8.43. The highest BCUT2D eigenvalue weighted by molar-refractivity contribution is 4.85. The normalized spacial score (nSPS) is 44.7. The van der Waals surface area contributed by atoms with E-state index in [9.17, 15) is 0 Å². The summed E-state index contributed by atoms with van der Waals surface area (Å²) in [6.07, 6.45) is -3.71. The van der Waals surface area contributed by atoms with Gasteiger partial charge in [-0.25, -0.2) is 0 Å². The molecule has 1 saturated heterocycles. The topological polar surface area (TPSA) is 79.2 Å². The van der Waals surface area contributed by atoms with Gasteiger partial charge in [0.05, 0.1) is 6.61 Å². The largest absolute Gasteiger partial charge is 0.394 e. The van der Waals surface area contributed by atoms with Crippen LogP contribution in [0, 0.1) is 0 Å². The zero-order valence-corrected chi connectivity index (χ0v) is 6.17. The van der Waals surface area contributed by atoms with Gasteiger partial charge in [-0.2, -0.15) is 0 Å². The van der Waals surface area contributed by atoms with Crippen LogP contribution in [0.3, 0.4) is 0 Å². The Balaban J connectivity index is 2.53. The Labute approximate surface area is 64.2 Å². The first-order valence-electron chi connectivity index (χ1n) is 3.36. The summed E-state index contributed by atoms with van der Waals surface area (Å²) in [4.78, 5) is 0. The number of rotatable bonds is 2. The fraction of sp³-hybridized carbons (Fsp3) is 1.00. The van der Waals surface area contributed by atoms with Crippen LogP contribution in [0.4, 0.5) is 0 Å². The van der Waals surface area contributed by atoms with E-state index in [1.165, 1.54) is 7.11 Å². The van der Waals surface area contributed by atoms with Gasteiger partial charge in [0.15, 0.2) is 6.29 Å². The van der Waals surface area contributed by atoms with Crippen molar-refractivity contribution in [1.82, 2.24) is 0 Å². The predicted molar refractivity (Wildman–Crippen MR) is 34.8 cm³/mol. The van der Waals surface area contributed by atoms with Gasteiger partial charge < -0.3 is 24.8 Å². The zero-order valence-electron chi connectivity index (χ0n) is 6.17. The summed E-state index contributed by atoms with van der Waals surface area (Å²) in [5.41, 5.74) is 0. The van der Waals surface area contributed by atoms with Crippen LogP contribution in [0.15, 0.2) is 0 Å². The molecule has 0 aromatic carbocycles. The molecule has 1 aliphatic rings. The van der Waals surface area contributed by atoms with E-state index in [-0.39, 0.29) is 6.61 Å². The molecule has 4 atom stereocenters. The molecule has 11 heavy (non-hydrogen) atoms. The second kappa shape index (κ2) is 3.46. The smallest absolute Gasteiger partial charge is 0.186 e. The van der Waals surface area contributed by atoms with Crippen molar-refractivity contribution in [2.45, 2.75) is 24.6 Å². The SMILES string of the molecule is COC1OC(CO)C(O)[C@H]1O. The van der Waals surface area contributed by atoms with Gasteiger partial charge in [-0.15, -0.1) is 0 Å². The van der Waals surface area contributed by atoms with Gasteiger partial charge >= 0.3 is 0 Å². The summed E-state index contributed by atoms with van der Waals surface area (Å²) in [6, 6.07) is 0. The summed E-state index contributed by atoms with van der Waals surface area (Å²) in [7, 11) is 1.36. The Morgan fingerprint density at radius 2 is 2.00 bits per heavy atom. The second-order valence-corrected chi connectivity index (χ2v) is 2.44. The van der Waals surface area contributed by atoms with Crippen LogP contribution in [0.1, 0.15) is 0 Å². The minimum Gasteiger partial charge on any atom is -0.394 e. The molecule has 0 amide bonds. The van der Waals surface area contributed by atoms with Gasteiger partial charge in [0.25, 0.3) is 0 Å². The van der Waals surface area contributed by atoms with Gasteiger partial charge in [0, 0.05) is 7.11 Å². The molecule has 1 heterocycles. The van der Waals surface area contributed by atoms with Crippen molar-refractivity contribution in [2.75, 3.05) is 13.7 Å². The minimum atomic E-state index is -1.07. The lowest BCUT2D eigenvalue weighted by atomic mass is 10.1. The molecule has 0 aromatic heterocycles. The molecular formula is C6H12O5. The van der Waals surface area contributed by atoms with E-state index in [1.807, 2.05) is 0 Å². The van der Waals surface area contributed by atoms with Gasteiger partial charge in [0.1, 0.15) is 18.3 Å². The summed E-state index contributed by atoms with van der Waals surface area (Å²) >= 11 is 0. The third kappa shape index (κ3) is 1.52. The van der Waals surface area contributed by atoms with E-state index in [2.05, 4.69) is 4.74 Å². The Hall–Kier alpha value is -0.200. The Kier molecular flexibility index (Phi) is 2.80. The van der Waals surface area contributed by atoms with Crippen molar-refractivity contribution in [1.29, 1.82) is 0 Å². The molecule has 1 fully saturated rings. The highest BCUT2D eigenvalue weighted by atomic mass is 16.7. The van der Waals surface area contributed by atoms with Crippen molar-refractivity contribution in [2.24, 2.45) is 0 Å². The standard InChI is InChI=1S/C6H12O5/c1-10-6-5(9)4(8)3(2-7)11-6/h3-9H,2H2,1H3/t3?,4?,5-,6?/m1/s1. The number of methoxy groups -OCH3 is 1. The predicted octanol–water partition coefficient (Wildman–Crippen LogP) is -1.93. The van der Waals surface area contributed by atoms with Crippen molar-refractivity contribution in [3.05, 3.63) is 0 Å². The molecule has 0 bridgehead atoms. The monoisotopic (exact) mass is 164 g/mol. The summed E-state index contributed by atoms with van der Waals surface area (Å²) in [5, 5.41) is 26.9. The third-order valence-electron chi connectivity index (χ3n) is 1.73. The van der Waals surface area contributed by atoms with Crippen molar-refractivity contribution in [3.8, 4) is 0 Å². The van der Waals surface area contributed by atoms with Crippen LogP contribution in [0.2, 0.25) is 0 Å². The number of aliphatic hydroxyl groups excluding tert-OH is 3. The highest BCUT2D eigenvalue weighted by Gasteiger charge is 2.42. The number of hydrogen-bond donors (Lipinski definition) is 3. The van der Waals surface area contributed by atoms with E-state index in [0.29, 0.717) is 0 Å². The molecular weight excluding hydrogens is 152 g/mol. The van der Waals surface area contributed by atoms with Crippen molar-refractivity contribution in [3.63, 3.8) is 0 Å². The van der Waals surface area contributed by atoms with Crippen LogP contribution in [-0.4, -0.2) is 53.6 Å². The Bertz CT molecular complexity index is 110. The summed E-state index contributed by atoms with van der Waals surface area (Å²) in [5.74, 6) is 0. The minimum absolute atomic E-state index is 0.321. The second-order valence-electron chi connectivity index (χ2n) is 2.44. The van der Waals surface area contributed by atoms with Gasteiger partial charge in [0.2, 0.25) is 0 Å². The first-order valence-corrected chi connectivity index (χ1v) is 3.36. The molecule has 0 saturated carbocycles. The molecule has 5 nitrogen and oxygen atoms in total.